The molecule has 0 bridgehead atoms. The number of urea groups is 1. The van der Waals surface area contributed by atoms with Gasteiger partial charge in [0.05, 0.1) is 18.8 Å². The molecule has 0 aliphatic carbocycles. The molecule has 2 aromatic rings. The number of nitrogens with zero attached hydrogens (tertiary/aromatic N) is 2. The average Bonchev–Trinajstić information content (AvgIpc) is 2.87. The van der Waals surface area contributed by atoms with Gasteiger partial charge < -0.3 is 24.8 Å². The number of carbonyl (C=O) groups is 1. The molecule has 0 saturated carbocycles. The van der Waals surface area contributed by atoms with E-state index in [9.17, 15) is 22.7 Å². The van der Waals surface area contributed by atoms with Crippen LogP contribution in [-0.2, 0) is 14.8 Å². The summed E-state index contributed by atoms with van der Waals surface area (Å²) in [7, 11) is -0.936. The van der Waals surface area contributed by atoms with Gasteiger partial charge in [-0.05, 0) is 37.3 Å². The molecule has 1 aliphatic rings. The Hall–Kier alpha value is -3.17. The first-order valence-electron chi connectivity index (χ1n) is 11.8. The Labute approximate surface area is 217 Å². The zero-order valence-electron chi connectivity index (χ0n) is 21.3. The molecule has 2 aromatic carbocycles. The zero-order valence-corrected chi connectivity index (χ0v) is 22.1. The van der Waals surface area contributed by atoms with Gasteiger partial charge in [0.15, 0.2) is 0 Å². The number of para-hydroxylation sites is 1. The number of benzene rings is 2. The summed E-state index contributed by atoms with van der Waals surface area (Å²) < 4.78 is 53.5. The molecule has 1 aliphatic heterocycles. The molecular formula is C26H32FN3O6S. The molecule has 200 valence electrons. The second kappa shape index (κ2) is 12.4. The Morgan fingerprint density at radius 3 is 2.76 bits per heavy atom. The van der Waals surface area contributed by atoms with Crippen LogP contribution in [0.2, 0.25) is 0 Å². The zero-order chi connectivity index (χ0) is 27.2. The lowest BCUT2D eigenvalue weighted by Crippen LogP contribution is -2.50. The number of sulfonamides is 1. The molecule has 3 atom stereocenters. The van der Waals surface area contributed by atoms with Crippen LogP contribution in [0.15, 0.2) is 47.4 Å². The Kier molecular flexibility index (Phi) is 9.50. The maximum absolute atomic E-state index is 14.0. The molecule has 0 fully saturated rings. The summed E-state index contributed by atoms with van der Waals surface area (Å²) in [5.41, 5.74) is 0.579. The lowest BCUT2D eigenvalue weighted by atomic mass is 10.0. The maximum Gasteiger partial charge on any atom is 0.321 e. The first-order valence-corrected chi connectivity index (χ1v) is 13.2. The standard InChI is InChI=1S/C26H32FN3O6S/c1-18-15-30(19(2)17-31)37(33,34)25-12-11-20(8-7-13-35-4)14-23(25)36-24(18)16-29(3)26(32)28-22-10-6-5-9-21(22)27/h5-6,9-12,14,18-19,24,31H,13,15-17H2,1-4H3,(H,28,32)/t18-,19+,24+/m1/s1. The highest BCUT2D eigenvalue weighted by molar-refractivity contribution is 7.89. The minimum atomic E-state index is -4.00. The lowest BCUT2D eigenvalue weighted by molar-refractivity contribution is 0.0830. The highest BCUT2D eigenvalue weighted by Crippen LogP contribution is 2.34. The van der Waals surface area contributed by atoms with Crippen LogP contribution >= 0.6 is 0 Å². The van der Waals surface area contributed by atoms with Crippen molar-refractivity contribution in [1.29, 1.82) is 0 Å². The normalized spacial score (nSPS) is 19.7. The highest BCUT2D eigenvalue weighted by Gasteiger charge is 2.38. The van der Waals surface area contributed by atoms with Crippen LogP contribution in [0.1, 0.15) is 19.4 Å². The Bertz CT molecular complexity index is 1280. The van der Waals surface area contributed by atoms with Crippen LogP contribution in [0, 0.1) is 23.6 Å². The minimum Gasteiger partial charge on any atom is -0.487 e. The van der Waals surface area contributed by atoms with Gasteiger partial charge in [-0.25, -0.2) is 17.6 Å². The van der Waals surface area contributed by atoms with Crippen molar-refractivity contribution in [3.05, 3.63) is 53.8 Å². The lowest BCUT2D eigenvalue weighted by Gasteiger charge is -2.37. The number of amides is 2. The van der Waals surface area contributed by atoms with E-state index in [0.717, 1.165) is 0 Å². The van der Waals surface area contributed by atoms with Crippen LogP contribution in [-0.4, -0.2) is 81.4 Å². The summed E-state index contributed by atoms with van der Waals surface area (Å²) in [6, 6.07) is 9.17. The van der Waals surface area contributed by atoms with Crippen molar-refractivity contribution in [2.24, 2.45) is 5.92 Å². The van der Waals surface area contributed by atoms with Crippen molar-refractivity contribution in [1.82, 2.24) is 9.21 Å². The average molecular weight is 534 g/mol. The number of likely N-dealkylation sites (N-methyl/N-ethyl adjacent to an activating group) is 1. The third kappa shape index (κ3) is 6.78. The van der Waals surface area contributed by atoms with Gasteiger partial charge in [-0.2, -0.15) is 4.31 Å². The highest BCUT2D eigenvalue weighted by atomic mass is 32.2. The van der Waals surface area contributed by atoms with Gasteiger partial charge in [-0.15, -0.1) is 0 Å². The summed E-state index contributed by atoms with van der Waals surface area (Å²) in [6.45, 7) is 3.43. The van der Waals surface area contributed by atoms with Gasteiger partial charge in [0.1, 0.15) is 29.2 Å². The number of hydrogen-bond acceptors (Lipinski definition) is 6. The summed E-state index contributed by atoms with van der Waals surface area (Å²) in [6.07, 6.45) is -0.624. The van der Waals surface area contributed by atoms with E-state index in [1.54, 1.807) is 32.2 Å². The van der Waals surface area contributed by atoms with E-state index >= 15 is 0 Å². The number of halogens is 1. The summed E-state index contributed by atoms with van der Waals surface area (Å²) in [5.74, 6) is 4.90. The number of fused-ring (bicyclic) bond motifs is 1. The van der Waals surface area contributed by atoms with Crippen molar-refractivity contribution in [3.8, 4) is 17.6 Å². The van der Waals surface area contributed by atoms with Gasteiger partial charge in [0.2, 0.25) is 10.0 Å². The maximum atomic E-state index is 14.0. The predicted octanol–water partition coefficient (Wildman–Crippen LogP) is 2.76. The largest absolute Gasteiger partial charge is 0.487 e. The summed E-state index contributed by atoms with van der Waals surface area (Å²) >= 11 is 0. The number of anilines is 1. The number of aliphatic hydroxyl groups excluding tert-OH is 1. The second-order valence-electron chi connectivity index (χ2n) is 8.93. The van der Waals surface area contributed by atoms with E-state index in [2.05, 4.69) is 17.2 Å². The van der Waals surface area contributed by atoms with E-state index in [-0.39, 0.29) is 48.6 Å². The van der Waals surface area contributed by atoms with Gasteiger partial charge in [-0.3, -0.25) is 0 Å². The van der Waals surface area contributed by atoms with E-state index in [1.807, 2.05) is 6.92 Å². The second-order valence-corrected chi connectivity index (χ2v) is 10.8. The van der Waals surface area contributed by atoms with Crippen LogP contribution < -0.4 is 10.1 Å². The molecule has 0 unspecified atom stereocenters. The molecule has 0 spiro atoms. The topological polar surface area (TPSA) is 108 Å². The van der Waals surface area contributed by atoms with E-state index in [1.165, 1.54) is 40.6 Å². The quantitative estimate of drug-likeness (QED) is 0.553. The molecule has 2 N–H and O–H groups in total. The summed E-state index contributed by atoms with van der Waals surface area (Å²) in [5, 5.41) is 12.3. The first kappa shape index (κ1) is 28.4. The third-order valence-electron chi connectivity index (χ3n) is 6.03. The van der Waals surface area contributed by atoms with E-state index < -0.39 is 34.0 Å². The molecule has 0 radical (unpaired) electrons. The molecule has 0 aromatic heterocycles. The number of ether oxygens (including phenoxy) is 2. The van der Waals surface area contributed by atoms with Gasteiger partial charge in [-0.1, -0.05) is 30.9 Å². The number of nitrogens with one attached hydrogen (secondary N) is 1. The number of aliphatic hydroxyl groups is 1. The van der Waals surface area contributed by atoms with E-state index in [0.29, 0.717) is 5.56 Å². The van der Waals surface area contributed by atoms with Crippen molar-refractivity contribution < 1.29 is 32.2 Å². The predicted molar refractivity (Wildman–Crippen MR) is 137 cm³/mol. The molecule has 11 heteroatoms. The number of hydrogen-bond donors (Lipinski definition) is 2. The molecule has 3 rings (SSSR count). The van der Waals surface area contributed by atoms with Crippen LogP contribution in [0.5, 0.6) is 5.75 Å². The fraction of sp³-hybridized carbons (Fsp3) is 0.423. The van der Waals surface area contributed by atoms with Crippen LogP contribution in [0.25, 0.3) is 0 Å². The van der Waals surface area contributed by atoms with E-state index in [4.69, 9.17) is 9.47 Å². The number of carbonyl (C=O) groups excluding carboxylic acids is 1. The first-order chi connectivity index (χ1) is 17.6. The SMILES string of the molecule is COCC#Cc1ccc2c(c1)O[C@@H](CN(C)C(=O)Nc1ccccc1F)[C@H](C)CN([C@@H](C)CO)S2(=O)=O. The molecule has 37 heavy (non-hydrogen) atoms. The third-order valence-corrected chi connectivity index (χ3v) is 8.05. The van der Waals surface area contributed by atoms with Gasteiger partial charge in [0, 0.05) is 38.2 Å². The smallest absolute Gasteiger partial charge is 0.321 e. The number of rotatable bonds is 6. The molecule has 1 heterocycles. The van der Waals surface area contributed by atoms with Crippen molar-refractivity contribution >= 4 is 21.7 Å². The Morgan fingerprint density at radius 1 is 1.35 bits per heavy atom. The molecule has 2 amide bonds. The Morgan fingerprint density at radius 2 is 2.08 bits per heavy atom. The number of methoxy groups -OCH3 is 1. The molecule has 9 nitrogen and oxygen atoms in total. The van der Waals surface area contributed by atoms with Crippen LogP contribution in [0.4, 0.5) is 14.9 Å². The summed E-state index contributed by atoms with van der Waals surface area (Å²) in [4.78, 5) is 14.1. The monoisotopic (exact) mass is 533 g/mol. The fourth-order valence-electron chi connectivity index (χ4n) is 3.86. The molecular weight excluding hydrogens is 501 g/mol. The minimum absolute atomic E-state index is 0.0460. The van der Waals surface area contributed by atoms with Crippen molar-refractivity contribution in [2.75, 3.05) is 45.8 Å². The van der Waals surface area contributed by atoms with Gasteiger partial charge >= 0.3 is 6.03 Å². The van der Waals surface area contributed by atoms with Gasteiger partial charge in [0.25, 0.3) is 0 Å². The Balaban J connectivity index is 1.95. The van der Waals surface area contributed by atoms with Crippen molar-refractivity contribution in [2.45, 2.75) is 30.9 Å². The molecule has 0 saturated heterocycles. The fourth-order valence-corrected chi connectivity index (χ4v) is 5.68. The van der Waals surface area contributed by atoms with Crippen LogP contribution in [0.3, 0.4) is 0 Å². The van der Waals surface area contributed by atoms with Crippen molar-refractivity contribution in [3.63, 3.8) is 0 Å².